The second-order valence-corrected chi connectivity index (χ2v) is 12.0. The van der Waals surface area contributed by atoms with Gasteiger partial charge in [-0.15, -0.1) is 0 Å². The number of hydrazine groups is 1. The van der Waals surface area contributed by atoms with Crippen molar-refractivity contribution in [3.05, 3.63) is 11.6 Å². The second kappa shape index (κ2) is 10.2. The second-order valence-electron chi connectivity index (χ2n) is 12.0. The van der Waals surface area contributed by atoms with Crippen LogP contribution in [-0.2, 0) is 4.74 Å². The monoisotopic (exact) mass is 470 g/mol. The summed E-state index contributed by atoms with van der Waals surface area (Å²) in [7, 11) is 3.91. The molecule has 3 fully saturated rings. The summed E-state index contributed by atoms with van der Waals surface area (Å²) in [6.45, 7) is 6.54. The zero-order chi connectivity index (χ0) is 23.9. The molecule has 0 aromatic heterocycles. The van der Waals surface area contributed by atoms with E-state index in [1.165, 1.54) is 24.8 Å². The van der Waals surface area contributed by atoms with Gasteiger partial charge in [-0.25, -0.2) is 5.01 Å². The molecule has 190 valence electrons. The molecule has 1 N–H and O–H groups in total. The molecule has 6 heteroatoms. The number of methoxy groups -OCH3 is 1. The first-order valence-corrected chi connectivity index (χ1v) is 13.3. The van der Waals surface area contributed by atoms with Crippen LogP contribution in [0.3, 0.4) is 0 Å². The minimum Gasteiger partial charge on any atom is -0.381 e. The number of allylic oxidation sites excluding steroid dienone is 1. The molecule has 3 aliphatic carbocycles. The molecule has 1 aliphatic heterocycles. The molecule has 0 bridgehead atoms. The van der Waals surface area contributed by atoms with Gasteiger partial charge in [0.15, 0.2) is 0 Å². The van der Waals surface area contributed by atoms with E-state index in [9.17, 15) is 13.2 Å². The fourth-order valence-electron chi connectivity index (χ4n) is 7.79. The third-order valence-corrected chi connectivity index (χ3v) is 9.81. The number of ether oxygens (including phenoxy) is 1. The molecule has 3 nitrogen and oxygen atoms in total. The topological polar surface area (TPSA) is 24.5 Å². The lowest BCUT2D eigenvalue weighted by molar-refractivity contribution is -0.202. The van der Waals surface area contributed by atoms with Crippen LogP contribution in [0.1, 0.15) is 78.6 Å². The van der Waals surface area contributed by atoms with E-state index in [2.05, 4.69) is 37.4 Å². The number of hydrogen-bond donors (Lipinski definition) is 1. The van der Waals surface area contributed by atoms with Gasteiger partial charge in [-0.1, -0.05) is 32.4 Å². The van der Waals surface area contributed by atoms with Crippen molar-refractivity contribution in [3.8, 4) is 0 Å². The Labute approximate surface area is 198 Å². The first-order chi connectivity index (χ1) is 15.6. The summed E-state index contributed by atoms with van der Waals surface area (Å²) in [5.41, 5.74) is 5.18. The molecule has 0 amide bonds. The molecule has 1 saturated heterocycles. The number of alkyl halides is 3. The lowest BCUT2D eigenvalue weighted by Crippen LogP contribution is -2.44. The summed E-state index contributed by atoms with van der Waals surface area (Å²) in [6.07, 6.45) is 6.67. The van der Waals surface area contributed by atoms with Crippen molar-refractivity contribution >= 4 is 0 Å². The number of rotatable bonds is 5. The lowest BCUT2D eigenvalue weighted by Gasteiger charge is -2.42. The Morgan fingerprint density at radius 2 is 1.82 bits per heavy atom. The Hall–Kier alpha value is -0.590. The van der Waals surface area contributed by atoms with E-state index in [-0.39, 0.29) is 24.4 Å². The molecule has 1 heterocycles. The van der Waals surface area contributed by atoms with Crippen molar-refractivity contribution < 1.29 is 17.9 Å². The van der Waals surface area contributed by atoms with Gasteiger partial charge >= 0.3 is 6.18 Å². The van der Waals surface area contributed by atoms with E-state index < -0.39 is 12.1 Å². The Morgan fingerprint density at radius 3 is 2.52 bits per heavy atom. The average Bonchev–Trinajstić information content (AvgIpc) is 3.07. The summed E-state index contributed by atoms with van der Waals surface area (Å²) in [5.74, 6) is 1.25. The highest BCUT2D eigenvalue weighted by atomic mass is 19.4. The number of nitrogens with zero attached hydrogens (tertiary/aromatic N) is 1. The van der Waals surface area contributed by atoms with Gasteiger partial charge in [0.05, 0.1) is 12.0 Å². The molecule has 4 aliphatic rings. The average molecular weight is 471 g/mol. The van der Waals surface area contributed by atoms with E-state index in [4.69, 9.17) is 4.74 Å². The Bertz CT molecular complexity index is 695. The van der Waals surface area contributed by atoms with Crippen molar-refractivity contribution in [2.24, 2.45) is 41.4 Å². The zero-order valence-electron chi connectivity index (χ0n) is 21.2. The quantitative estimate of drug-likeness (QED) is 0.458. The van der Waals surface area contributed by atoms with Crippen LogP contribution in [0.15, 0.2) is 11.6 Å². The van der Waals surface area contributed by atoms with Gasteiger partial charge < -0.3 is 4.74 Å². The molecule has 0 radical (unpaired) electrons. The lowest BCUT2D eigenvalue weighted by atomic mass is 9.66. The van der Waals surface area contributed by atoms with Crippen LogP contribution in [0.25, 0.3) is 0 Å². The van der Waals surface area contributed by atoms with Crippen LogP contribution in [0.4, 0.5) is 13.2 Å². The molecule has 0 aromatic rings. The van der Waals surface area contributed by atoms with Crippen molar-refractivity contribution in [2.75, 3.05) is 14.2 Å². The van der Waals surface area contributed by atoms with Crippen LogP contribution in [0.5, 0.6) is 0 Å². The first kappa shape index (κ1) is 25.5. The van der Waals surface area contributed by atoms with Crippen LogP contribution < -0.4 is 5.43 Å². The Balaban J connectivity index is 1.43. The third-order valence-electron chi connectivity index (χ3n) is 9.81. The Kier molecular flexibility index (Phi) is 7.87. The maximum absolute atomic E-state index is 13.6. The normalized spacial score (nSPS) is 43.8. The highest BCUT2D eigenvalue weighted by molar-refractivity contribution is 5.13. The van der Waals surface area contributed by atoms with Gasteiger partial charge in [-0.05, 0) is 93.3 Å². The van der Waals surface area contributed by atoms with E-state index in [1.807, 2.05) is 0 Å². The van der Waals surface area contributed by atoms with Gasteiger partial charge in [-0.3, -0.25) is 5.43 Å². The number of halogens is 3. The Morgan fingerprint density at radius 1 is 1.06 bits per heavy atom. The standard InChI is InChI=1S/C27H45F3N2O/c1-16-6-11-24-22(12-16)26(32(4)31-24)21-13-19(9-7-17(21)2)14-25(33-5)20-10-8-18(3)23(15-20)27(28,29)30/h9,16-18,20-26,31H,6-8,10-15H2,1-5H3. The van der Waals surface area contributed by atoms with E-state index >= 15 is 0 Å². The molecule has 2 saturated carbocycles. The molecule has 10 unspecified atom stereocenters. The zero-order valence-corrected chi connectivity index (χ0v) is 21.2. The molecular formula is C27H45F3N2O. The molecule has 4 rings (SSSR count). The van der Waals surface area contributed by atoms with Crippen LogP contribution in [0, 0.1) is 41.4 Å². The van der Waals surface area contributed by atoms with Gasteiger partial charge in [0, 0.05) is 26.2 Å². The van der Waals surface area contributed by atoms with Gasteiger partial charge in [0.25, 0.3) is 0 Å². The van der Waals surface area contributed by atoms with Crippen LogP contribution >= 0.6 is 0 Å². The minimum atomic E-state index is -4.10. The summed E-state index contributed by atoms with van der Waals surface area (Å²) in [4.78, 5) is 0. The summed E-state index contributed by atoms with van der Waals surface area (Å²) < 4.78 is 46.7. The predicted molar refractivity (Wildman–Crippen MR) is 126 cm³/mol. The van der Waals surface area contributed by atoms with E-state index in [0.717, 1.165) is 31.6 Å². The summed E-state index contributed by atoms with van der Waals surface area (Å²) >= 11 is 0. The predicted octanol–water partition coefficient (Wildman–Crippen LogP) is 6.60. The maximum atomic E-state index is 13.6. The van der Waals surface area contributed by atoms with Gasteiger partial charge in [0.1, 0.15) is 0 Å². The van der Waals surface area contributed by atoms with Crippen molar-refractivity contribution in [3.63, 3.8) is 0 Å². The van der Waals surface area contributed by atoms with Crippen molar-refractivity contribution in [1.29, 1.82) is 0 Å². The van der Waals surface area contributed by atoms with Crippen LogP contribution in [-0.4, -0.2) is 43.5 Å². The van der Waals surface area contributed by atoms with Gasteiger partial charge in [0.2, 0.25) is 0 Å². The smallest absolute Gasteiger partial charge is 0.381 e. The molecule has 0 spiro atoms. The van der Waals surface area contributed by atoms with Crippen molar-refractivity contribution in [1.82, 2.24) is 10.4 Å². The highest BCUT2D eigenvalue weighted by Gasteiger charge is 2.49. The molecular weight excluding hydrogens is 425 g/mol. The largest absolute Gasteiger partial charge is 0.392 e. The number of hydrogen-bond acceptors (Lipinski definition) is 3. The molecule has 10 atom stereocenters. The SMILES string of the molecule is COC(CC1=CCC(C)C(C2C3CC(C)CCC3NN2C)C1)C1CCC(C)C(C(F)(F)F)C1. The molecule has 0 aromatic carbocycles. The van der Waals surface area contributed by atoms with Crippen molar-refractivity contribution in [2.45, 2.75) is 103 Å². The third kappa shape index (κ3) is 5.48. The van der Waals surface area contributed by atoms with Gasteiger partial charge in [-0.2, -0.15) is 13.2 Å². The fraction of sp³-hybridized carbons (Fsp3) is 0.926. The minimum absolute atomic E-state index is 0.00378. The summed E-state index contributed by atoms with van der Waals surface area (Å²) in [6, 6.07) is 1.15. The maximum Gasteiger partial charge on any atom is 0.392 e. The first-order valence-electron chi connectivity index (χ1n) is 13.3. The molecule has 33 heavy (non-hydrogen) atoms. The number of nitrogens with one attached hydrogen (secondary N) is 1. The van der Waals surface area contributed by atoms with E-state index in [0.29, 0.717) is 36.3 Å². The number of fused-ring (bicyclic) bond motifs is 1. The highest BCUT2D eigenvalue weighted by Crippen LogP contribution is 2.48. The van der Waals surface area contributed by atoms with Crippen LogP contribution in [0.2, 0.25) is 0 Å². The fourth-order valence-corrected chi connectivity index (χ4v) is 7.79. The van der Waals surface area contributed by atoms with E-state index in [1.54, 1.807) is 14.0 Å². The summed E-state index contributed by atoms with van der Waals surface area (Å²) in [5, 5.41) is 2.40.